The summed E-state index contributed by atoms with van der Waals surface area (Å²) in [6.45, 7) is 6.14. The van der Waals surface area contributed by atoms with E-state index in [0.717, 1.165) is 16.9 Å². The van der Waals surface area contributed by atoms with E-state index in [1.54, 1.807) is 12.0 Å². The Kier molecular flexibility index (Phi) is 5.22. The van der Waals surface area contributed by atoms with Gasteiger partial charge in [-0.2, -0.15) is 0 Å². The number of benzene rings is 2. The third kappa shape index (κ3) is 3.54. The average molecular weight is 366 g/mol. The van der Waals surface area contributed by atoms with Gasteiger partial charge in [-0.25, -0.2) is 0 Å². The number of ether oxygens (including phenoxy) is 1. The van der Waals surface area contributed by atoms with Crippen molar-refractivity contribution in [3.05, 3.63) is 65.2 Å². The largest absolute Gasteiger partial charge is 0.497 e. The second kappa shape index (κ2) is 7.43. The Hall–Kier alpha value is -2.82. The lowest BCUT2D eigenvalue weighted by Gasteiger charge is -2.46. The molecule has 1 aliphatic rings. The van der Waals surface area contributed by atoms with Gasteiger partial charge in [0.15, 0.2) is 0 Å². The van der Waals surface area contributed by atoms with Gasteiger partial charge in [-0.3, -0.25) is 9.59 Å². The summed E-state index contributed by atoms with van der Waals surface area (Å²) >= 11 is 0. The fourth-order valence-corrected chi connectivity index (χ4v) is 3.80. The van der Waals surface area contributed by atoms with Crippen LogP contribution in [0.5, 0.6) is 5.75 Å². The van der Waals surface area contributed by atoms with Crippen molar-refractivity contribution in [1.82, 2.24) is 10.2 Å². The van der Waals surface area contributed by atoms with Crippen LogP contribution in [0.15, 0.2) is 48.5 Å². The van der Waals surface area contributed by atoms with Gasteiger partial charge in [-0.15, -0.1) is 0 Å². The lowest BCUT2D eigenvalue weighted by atomic mass is 9.82. The minimum absolute atomic E-state index is 0.0809. The molecule has 2 aromatic carbocycles. The molecule has 0 aromatic heterocycles. The molecule has 0 aliphatic carbocycles. The zero-order valence-corrected chi connectivity index (χ0v) is 16.3. The van der Waals surface area contributed by atoms with Crippen LogP contribution in [-0.2, 0) is 17.8 Å². The lowest BCUT2D eigenvalue weighted by molar-refractivity contribution is -0.132. The molecular weight excluding hydrogens is 340 g/mol. The zero-order chi connectivity index (χ0) is 19.6. The number of carbonyl (C=O) groups is 2. The Bertz CT molecular complexity index is 845. The molecule has 1 N–H and O–H groups in total. The first-order valence-electron chi connectivity index (χ1n) is 9.19. The van der Waals surface area contributed by atoms with Gasteiger partial charge in [-0.05, 0) is 50.1 Å². The number of hydrogen-bond donors (Lipinski definition) is 1. The van der Waals surface area contributed by atoms with Crippen LogP contribution in [-0.4, -0.2) is 35.4 Å². The van der Waals surface area contributed by atoms with E-state index in [-0.39, 0.29) is 17.9 Å². The van der Waals surface area contributed by atoms with Crippen molar-refractivity contribution in [2.24, 2.45) is 0 Å². The Morgan fingerprint density at radius 1 is 1.19 bits per heavy atom. The van der Waals surface area contributed by atoms with Gasteiger partial charge in [0.1, 0.15) is 11.3 Å². The van der Waals surface area contributed by atoms with Crippen molar-refractivity contribution in [2.45, 2.75) is 45.3 Å². The maximum Gasteiger partial charge on any atom is 0.255 e. The predicted octanol–water partition coefficient (Wildman–Crippen LogP) is 3.18. The second-order valence-electron chi connectivity index (χ2n) is 7.41. The second-order valence-corrected chi connectivity index (χ2v) is 7.41. The zero-order valence-electron chi connectivity index (χ0n) is 16.3. The van der Waals surface area contributed by atoms with E-state index in [9.17, 15) is 9.59 Å². The maximum atomic E-state index is 13.2. The van der Waals surface area contributed by atoms with Gasteiger partial charge in [0.05, 0.1) is 7.11 Å². The molecule has 0 fully saturated rings. The fourth-order valence-electron chi connectivity index (χ4n) is 3.80. The van der Waals surface area contributed by atoms with E-state index in [4.69, 9.17) is 4.74 Å². The molecule has 5 nitrogen and oxygen atoms in total. The Balaban J connectivity index is 1.83. The van der Waals surface area contributed by atoms with Crippen molar-refractivity contribution in [3.8, 4) is 5.75 Å². The van der Waals surface area contributed by atoms with Crippen LogP contribution in [0, 0.1) is 0 Å². The summed E-state index contributed by atoms with van der Waals surface area (Å²) in [5.41, 5.74) is 1.66. The number of amides is 2. The van der Waals surface area contributed by atoms with Gasteiger partial charge in [0.2, 0.25) is 5.91 Å². The number of rotatable bonds is 5. The highest BCUT2D eigenvalue weighted by atomic mass is 16.5. The number of nitrogens with one attached hydrogen (secondary N) is 1. The molecule has 3 rings (SSSR count). The van der Waals surface area contributed by atoms with E-state index in [1.807, 2.05) is 69.3 Å². The number of fused-ring (bicyclic) bond motifs is 1. The fraction of sp³-hybridized carbons (Fsp3) is 0.364. The quantitative estimate of drug-likeness (QED) is 0.884. The van der Waals surface area contributed by atoms with E-state index in [1.165, 1.54) is 0 Å². The van der Waals surface area contributed by atoms with E-state index in [0.29, 0.717) is 18.5 Å². The Morgan fingerprint density at radius 3 is 2.48 bits per heavy atom. The number of nitrogens with zero attached hydrogens (tertiary/aromatic N) is 1. The first-order chi connectivity index (χ1) is 12.9. The minimum atomic E-state index is -0.925. The Labute approximate surface area is 160 Å². The summed E-state index contributed by atoms with van der Waals surface area (Å²) in [5.74, 6) is 0.543. The molecule has 2 amide bonds. The smallest absolute Gasteiger partial charge is 0.255 e. The predicted molar refractivity (Wildman–Crippen MR) is 105 cm³/mol. The molecule has 2 aromatic rings. The molecular formula is C22H26N2O3. The Morgan fingerprint density at radius 2 is 1.85 bits per heavy atom. The summed E-state index contributed by atoms with van der Waals surface area (Å²) in [4.78, 5) is 27.9. The molecule has 1 heterocycles. The summed E-state index contributed by atoms with van der Waals surface area (Å²) in [5, 5.41) is 3.01. The van der Waals surface area contributed by atoms with E-state index < -0.39 is 5.54 Å². The van der Waals surface area contributed by atoms with Crippen LogP contribution in [0.3, 0.4) is 0 Å². The van der Waals surface area contributed by atoms with Crippen molar-refractivity contribution < 1.29 is 14.3 Å². The van der Waals surface area contributed by atoms with Crippen LogP contribution in [0.2, 0.25) is 0 Å². The molecule has 0 saturated heterocycles. The summed E-state index contributed by atoms with van der Waals surface area (Å²) in [6, 6.07) is 15.0. The SMILES string of the molecule is COc1ccc(CNC(=O)C2(C)Cc3ccccc3C(=O)N2C(C)C)cc1. The molecule has 5 heteroatoms. The van der Waals surface area contributed by atoms with Gasteiger partial charge < -0.3 is 15.0 Å². The van der Waals surface area contributed by atoms with Gasteiger partial charge in [-0.1, -0.05) is 30.3 Å². The summed E-state index contributed by atoms with van der Waals surface area (Å²) in [6.07, 6.45) is 0.502. The number of hydrogen-bond acceptors (Lipinski definition) is 3. The van der Waals surface area contributed by atoms with Crippen LogP contribution in [0.25, 0.3) is 0 Å². The molecule has 1 aliphatic heterocycles. The minimum Gasteiger partial charge on any atom is -0.497 e. The van der Waals surface area contributed by atoms with Gasteiger partial charge in [0, 0.05) is 24.6 Å². The highest BCUT2D eigenvalue weighted by Gasteiger charge is 2.47. The third-order valence-electron chi connectivity index (χ3n) is 5.15. The van der Waals surface area contributed by atoms with Crippen LogP contribution in [0.4, 0.5) is 0 Å². The van der Waals surface area contributed by atoms with Crippen LogP contribution < -0.4 is 10.1 Å². The topological polar surface area (TPSA) is 58.6 Å². The van der Waals surface area contributed by atoms with Crippen molar-refractivity contribution in [3.63, 3.8) is 0 Å². The number of carbonyl (C=O) groups excluding carboxylic acids is 2. The maximum absolute atomic E-state index is 13.2. The normalized spacial score (nSPS) is 19.0. The third-order valence-corrected chi connectivity index (χ3v) is 5.15. The molecule has 0 bridgehead atoms. The highest BCUT2D eigenvalue weighted by molar-refractivity contribution is 6.02. The first-order valence-corrected chi connectivity index (χ1v) is 9.19. The average Bonchev–Trinajstić information content (AvgIpc) is 2.66. The highest BCUT2D eigenvalue weighted by Crippen LogP contribution is 2.33. The molecule has 1 atom stereocenters. The van der Waals surface area contributed by atoms with Crippen LogP contribution in [0.1, 0.15) is 42.3 Å². The van der Waals surface area contributed by atoms with Crippen molar-refractivity contribution in [2.75, 3.05) is 7.11 Å². The molecule has 142 valence electrons. The lowest BCUT2D eigenvalue weighted by Crippen LogP contribution is -2.64. The first kappa shape index (κ1) is 19.0. The molecule has 0 saturated carbocycles. The number of methoxy groups -OCH3 is 1. The molecule has 27 heavy (non-hydrogen) atoms. The van der Waals surface area contributed by atoms with Gasteiger partial charge in [0.25, 0.3) is 5.91 Å². The van der Waals surface area contributed by atoms with Gasteiger partial charge >= 0.3 is 0 Å². The van der Waals surface area contributed by atoms with Crippen molar-refractivity contribution in [1.29, 1.82) is 0 Å². The monoisotopic (exact) mass is 366 g/mol. The molecule has 0 radical (unpaired) electrons. The summed E-state index contributed by atoms with van der Waals surface area (Å²) < 4.78 is 5.16. The van der Waals surface area contributed by atoms with E-state index >= 15 is 0 Å². The van der Waals surface area contributed by atoms with Crippen molar-refractivity contribution >= 4 is 11.8 Å². The van der Waals surface area contributed by atoms with Crippen LogP contribution >= 0.6 is 0 Å². The van der Waals surface area contributed by atoms with E-state index in [2.05, 4.69) is 5.32 Å². The summed E-state index contributed by atoms with van der Waals surface area (Å²) in [7, 11) is 1.62. The molecule has 1 unspecified atom stereocenters. The molecule has 0 spiro atoms. The standard InChI is InChI=1S/C22H26N2O3/c1-15(2)24-20(25)19-8-6-5-7-17(19)13-22(24,3)21(26)23-14-16-9-11-18(27-4)12-10-16/h5-12,15H,13-14H2,1-4H3,(H,23,26).